The Morgan fingerprint density at radius 1 is 1.23 bits per heavy atom. The summed E-state index contributed by atoms with van der Waals surface area (Å²) in [5.74, 6) is 0.689. The minimum Gasteiger partial charge on any atom is -0.450 e. The van der Waals surface area contributed by atoms with Gasteiger partial charge in [-0.15, -0.1) is 0 Å². The number of hydrogen-bond acceptors (Lipinski definition) is 3. The highest BCUT2D eigenvalue weighted by Crippen LogP contribution is 2.28. The van der Waals surface area contributed by atoms with Crippen LogP contribution in [-0.2, 0) is 17.8 Å². The molecular formula is C21H26BN2O2. The number of amides is 1. The topological polar surface area (TPSA) is 66.6 Å². The van der Waals surface area contributed by atoms with E-state index in [2.05, 4.69) is 24.3 Å². The number of benzene rings is 2. The maximum absolute atomic E-state index is 12.7. The lowest BCUT2D eigenvalue weighted by molar-refractivity contribution is -0.131. The number of aryl methyl sites for hydroxylation is 1. The second-order valence-electron chi connectivity index (χ2n) is 7.10. The van der Waals surface area contributed by atoms with E-state index in [1.165, 1.54) is 11.1 Å². The predicted octanol–water partition coefficient (Wildman–Crippen LogP) is 1.64. The second-order valence-corrected chi connectivity index (χ2v) is 7.10. The molecule has 2 aromatic carbocycles. The molecule has 0 unspecified atom stereocenters. The molecule has 3 N–H and O–H groups in total. The number of nitrogens with zero attached hydrogens (tertiary/aromatic N) is 1. The van der Waals surface area contributed by atoms with Gasteiger partial charge < -0.3 is 15.7 Å². The fourth-order valence-corrected chi connectivity index (χ4v) is 3.71. The molecule has 1 saturated heterocycles. The molecule has 3 rings (SSSR count). The van der Waals surface area contributed by atoms with Crippen LogP contribution >= 0.6 is 0 Å². The molecule has 2 aromatic rings. The summed E-state index contributed by atoms with van der Waals surface area (Å²) >= 11 is 0. The third-order valence-corrected chi connectivity index (χ3v) is 5.36. The molecule has 4 nitrogen and oxygen atoms in total. The Labute approximate surface area is 156 Å². The summed E-state index contributed by atoms with van der Waals surface area (Å²) in [4.78, 5) is 14.7. The van der Waals surface area contributed by atoms with Gasteiger partial charge in [-0.3, -0.25) is 4.79 Å². The lowest BCUT2D eigenvalue weighted by Gasteiger charge is -2.32. The van der Waals surface area contributed by atoms with Gasteiger partial charge in [0.2, 0.25) is 5.91 Å². The van der Waals surface area contributed by atoms with Crippen molar-refractivity contribution in [2.24, 2.45) is 5.73 Å². The number of nitrogens with two attached hydrogens (primary N) is 1. The summed E-state index contributed by atoms with van der Waals surface area (Å²) in [6, 6.07) is 14.2. The molecule has 1 aliphatic heterocycles. The van der Waals surface area contributed by atoms with E-state index in [1.807, 2.05) is 30.0 Å². The number of carbonyl (C=O) groups excluding carboxylic acids is 1. The van der Waals surface area contributed by atoms with Gasteiger partial charge in [0.05, 0.1) is 6.42 Å². The monoisotopic (exact) mass is 349 g/mol. The second kappa shape index (κ2) is 8.52. The molecule has 26 heavy (non-hydrogen) atoms. The van der Waals surface area contributed by atoms with Crippen molar-refractivity contribution in [2.75, 3.05) is 13.1 Å². The van der Waals surface area contributed by atoms with E-state index in [9.17, 15) is 4.79 Å². The van der Waals surface area contributed by atoms with Crippen molar-refractivity contribution in [3.8, 4) is 0 Å². The minimum atomic E-state index is 0.183. The lowest BCUT2D eigenvalue weighted by atomic mass is 9.86. The first-order chi connectivity index (χ1) is 12.6. The van der Waals surface area contributed by atoms with Crippen LogP contribution in [0.4, 0.5) is 0 Å². The SMILES string of the molecule is Cc1cc([B]O)ccc1CC(=O)N1CCC(c2cccc(CN)c2)CC1. The molecule has 5 heteroatoms. The summed E-state index contributed by atoms with van der Waals surface area (Å²) in [7, 11) is 1.09. The highest BCUT2D eigenvalue weighted by Gasteiger charge is 2.24. The Morgan fingerprint density at radius 2 is 2.00 bits per heavy atom. The molecule has 0 atom stereocenters. The summed E-state index contributed by atoms with van der Waals surface area (Å²) < 4.78 is 0. The average molecular weight is 349 g/mol. The smallest absolute Gasteiger partial charge is 0.326 e. The number of likely N-dealkylation sites (tertiary alicyclic amines) is 1. The van der Waals surface area contributed by atoms with Crippen molar-refractivity contribution in [2.45, 2.75) is 38.6 Å². The third kappa shape index (κ3) is 4.35. The van der Waals surface area contributed by atoms with Crippen molar-refractivity contribution in [3.05, 3.63) is 64.7 Å². The van der Waals surface area contributed by atoms with Crippen LogP contribution in [0.1, 0.15) is 41.0 Å². The first kappa shape index (κ1) is 18.7. The van der Waals surface area contributed by atoms with E-state index in [0.717, 1.165) is 50.0 Å². The van der Waals surface area contributed by atoms with Gasteiger partial charge in [0, 0.05) is 19.6 Å². The third-order valence-electron chi connectivity index (χ3n) is 5.36. The maximum Gasteiger partial charge on any atom is 0.326 e. The zero-order valence-electron chi connectivity index (χ0n) is 15.3. The fourth-order valence-electron chi connectivity index (χ4n) is 3.71. The van der Waals surface area contributed by atoms with Crippen LogP contribution in [0.5, 0.6) is 0 Å². The number of rotatable bonds is 5. The fraction of sp³-hybridized carbons (Fsp3) is 0.381. The molecule has 1 heterocycles. The molecule has 1 fully saturated rings. The Kier molecular flexibility index (Phi) is 6.12. The molecule has 0 saturated carbocycles. The molecular weight excluding hydrogens is 323 g/mol. The van der Waals surface area contributed by atoms with Gasteiger partial charge in [0.1, 0.15) is 0 Å². The summed E-state index contributed by atoms with van der Waals surface area (Å²) in [5, 5.41) is 9.08. The van der Waals surface area contributed by atoms with Crippen LogP contribution in [0.15, 0.2) is 42.5 Å². The van der Waals surface area contributed by atoms with Gasteiger partial charge in [-0.05, 0) is 47.9 Å². The number of hydrogen-bond donors (Lipinski definition) is 2. The largest absolute Gasteiger partial charge is 0.450 e. The van der Waals surface area contributed by atoms with Crippen LogP contribution in [0.2, 0.25) is 0 Å². The van der Waals surface area contributed by atoms with E-state index in [-0.39, 0.29) is 5.91 Å². The molecule has 1 amide bonds. The molecule has 135 valence electrons. The van der Waals surface area contributed by atoms with Gasteiger partial charge in [0.15, 0.2) is 0 Å². The first-order valence-corrected chi connectivity index (χ1v) is 9.24. The van der Waals surface area contributed by atoms with Crippen LogP contribution in [0, 0.1) is 6.92 Å². The summed E-state index contributed by atoms with van der Waals surface area (Å²) in [6.07, 6.45) is 2.42. The Hall–Kier alpha value is -2.11. The predicted molar refractivity (Wildman–Crippen MR) is 105 cm³/mol. The van der Waals surface area contributed by atoms with Gasteiger partial charge >= 0.3 is 7.48 Å². The van der Waals surface area contributed by atoms with Gasteiger partial charge in [0.25, 0.3) is 0 Å². The van der Waals surface area contributed by atoms with Crippen LogP contribution in [0.3, 0.4) is 0 Å². The quantitative estimate of drug-likeness (QED) is 0.807. The van der Waals surface area contributed by atoms with E-state index in [0.29, 0.717) is 18.9 Å². The van der Waals surface area contributed by atoms with Crippen LogP contribution in [-0.4, -0.2) is 36.4 Å². The van der Waals surface area contributed by atoms with Gasteiger partial charge in [-0.1, -0.05) is 47.9 Å². The maximum atomic E-state index is 12.7. The first-order valence-electron chi connectivity index (χ1n) is 9.24. The Bertz CT molecular complexity index is 770. The lowest BCUT2D eigenvalue weighted by Crippen LogP contribution is -2.39. The minimum absolute atomic E-state index is 0.183. The van der Waals surface area contributed by atoms with E-state index < -0.39 is 0 Å². The molecule has 0 spiro atoms. The Balaban J connectivity index is 1.58. The highest BCUT2D eigenvalue weighted by atomic mass is 16.2. The molecule has 0 aromatic heterocycles. The Morgan fingerprint density at radius 3 is 2.65 bits per heavy atom. The van der Waals surface area contributed by atoms with Crippen molar-refractivity contribution in [3.63, 3.8) is 0 Å². The van der Waals surface area contributed by atoms with Gasteiger partial charge in [-0.2, -0.15) is 0 Å². The highest BCUT2D eigenvalue weighted by molar-refractivity contribution is 6.45. The van der Waals surface area contributed by atoms with Crippen molar-refractivity contribution >= 4 is 18.9 Å². The molecule has 1 radical (unpaired) electrons. The number of carbonyl (C=O) groups is 1. The zero-order chi connectivity index (χ0) is 18.5. The summed E-state index contributed by atoms with van der Waals surface area (Å²) in [5.41, 5.74) is 11.1. The molecule has 0 bridgehead atoms. The normalized spacial score (nSPS) is 15.1. The standard InChI is InChI=1S/C21H26BN2O2/c1-15-11-20(22-26)6-5-18(15)13-21(25)24-9-7-17(8-10-24)19-4-2-3-16(12-19)14-23/h2-6,11-12,17,26H,7-10,13-14,23H2,1H3. The van der Waals surface area contributed by atoms with Crippen LogP contribution < -0.4 is 11.2 Å². The van der Waals surface area contributed by atoms with Crippen molar-refractivity contribution < 1.29 is 9.82 Å². The van der Waals surface area contributed by atoms with E-state index >= 15 is 0 Å². The van der Waals surface area contributed by atoms with Crippen LogP contribution in [0.25, 0.3) is 0 Å². The molecule has 0 aliphatic carbocycles. The summed E-state index contributed by atoms with van der Waals surface area (Å²) in [6.45, 7) is 4.15. The van der Waals surface area contributed by atoms with Crippen molar-refractivity contribution in [1.82, 2.24) is 4.90 Å². The number of piperidine rings is 1. The van der Waals surface area contributed by atoms with E-state index in [1.54, 1.807) is 0 Å². The zero-order valence-corrected chi connectivity index (χ0v) is 15.3. The van der Waals surface area contributed by atoms with E-state index in [4.69, 9.17) is 10.8 Å². The average Bonchev–Trinajstić information content (AvgIpc) is 2.69. The molecule has 1 aliphatic rings. The van der Waals surface area contributed by atoms with Gasteiger partial charge in [-0.25, -0.2) is 0 Å². The van der Waals surface area contributed by atoms with Crippen molar-refractivity contribution in [1.29, 1.82) is 0 Å².